The Morgan fingerprint density at radius 1 is 1.41 bits per heavy atom. The van der Waals surface area contributed by atoms with Crippen LogP contribution in [0.15, 0.2) is 30.3 Å². The van der Waals surface area contributed by atoms with Gasteiger partial charge in [-0.3, -0.25) is 9.59 Å². The van der Waals surface area contributed by atoms with Crippen LogP contribution in [0.1, 0.15) is 17.4 Å². The first-order valence-electron chi connectivity index (χ1n) is 5.40. The van der Waals surface area contributed by atoms with Crippen LogP contribution >= 0.6 is 0 Å². The summed E-state index contributed by atoms with van der Waals surface area (Å²) in [5.41, 5.74) is 0.0937. The maximum Gasteiger partial charge on any atom is 0.319 e. The van der Waals surface area contributed by atoms with Gasteiger partial charge in [0.2, 0.25) is 0 Å². The van der Waals surface area contributed by atoms with Crippen molar-refractivity contribution in [3.63, 3.8) is 0 Å². The number of carbonyl (C=O) groups excluding carboxylic acids is 1. The van der Waals surface area contributed by atoms with E-state index in [-0.39, 0.29) is 12.3 Å². The molecule has 1 aromatic heterocycles. The second-order valence-corrected chi connectivity index (χ2v) is 4.64. The first-order valence-corrected chi connectivity index (χ1v) is 5.40. The van der Waals surface area contributed by atoms with Crippen molar-refractivity contribution in [2.75, 3.05) is 0 Å². The van der Waals surface area contributed by atoms with Gasteiger partial charge in [-0.15, -0.1) is 0 Å². The lowest BCUT2D eigenvalue weighted by atomic mass is 9.87. The number of ketones is 1. The van der Waals surface area contributed by atoms with Crippen molar-refractivity contribution in [1.29, 1.82) is 0 Å². The Morgan fingerprint density at radius 2 is 2.12 bits per heavy atom. The Kier molecular flexibility index (Phi) is 1.76. The average Bonchev–Trinajstić information content (AvgIpc) is 2.77. The molecule has 0 saturated carbocycles. The number of fused-ring (bicyclic) bond motifs is 3. The number of rotatable bonds is 1. The number of benzene rings is 1. The number of Topliss-reactive ketones (excluding diaryl/α,β-unsaturated/α-hetero) is 1. The zero-order valence-corrected chi connectivity index (χ0v) is 9.30. The second kappa shape index (κ2) is 2.97. The Hall–Kier alpha value is -2.10. The molecule has 2 heterocycles. The lowest BCUT2D eigenvalue weighted by molar-refractivity contribution is -0.145. The number of aromatic nitrogens is 1. The number of carboxylic acids is 1. The van der Waals surface area contributed by atoms with Gasteiger partial charge < -0.3 is 9.67 Å². The summed E-state index contributed by atoms with van der Waals surface area (Å²) in [6, 6.07) is 9.38. The van der Waals surface area contributed by atoms with Crippen molar-refractivity contribution in [2.45, 2.75) is 13.5 Å². The number of hydrogen-bond acceptors (Lipinski definition) is 2. The molecule has 1 aliphatic rings. The minimum Gasteiger partial charge on any atom is -0.480 e. The fourth-order valence-electron chi connectivity index (χ4n) is 2.40. The first-order chi connectivity index (χ1) is 8.04. The van der Waals surface area contributed by atoms with Crippen LogP contribution in [0.25, 0.3) is 10.9 Å². The van der Waals surface area contributed by atoms with Crippen molar-refractivity contribution in [3.05, 3.63) is 36.0 Å². The van der Waals surface area contributed by atoms with E-state index in [4.69, 9.17) is 0 Å². The van der Waals surface area contributed by atoms with Crippen LogP contribution in [-0.2, 0) is 11.3 Å². The zero-order chi connectivity index (χ0) is 12.2. The monoisotopic (exact) mass is 229 g/mol. The third-order valence-electron chi connectivity index (χ3n) is 3.49. The molecule has 4 nitrogen and oxygen atoms in total. The minimum atomic E-state index is -1.32. The van der Waals surface area contributed by atoms with Gasteiger partial charge in [0.05, 0.1) is 5.69 Å². The van der Waals surface area contributed by atoms with Crippen LogP contribution in [0.5, 0.6) is 0 Å². The van der Waals surface area contributed by atoms with E-state index < -0.39 is 11.4 Å². The van der Waals surface area contributed by atoms with E-state index in [0.29, 0.717) is 5.69 Å². The first kappa shape index (κ1) is 10.1. The largest absolute Gasteiger partial charge is 0.480 e. The highest BCUT2D eigenvalue weighted by atomic mass is 16.4. The Morgan fingerprint density at radius 3 is 2.82 bits per heavy atom. The molecule has 0 saturated heterocycles. The molecule has 0 fully saturated rings. The third kappa shape index (κ3) is 1.12. The Labute approximate surface area is 97.5 Å². The number of carboxylic acid groups (broad SMARTS) is 1. The molecule has 1 unspecified atom stereocenters. The van der Waals surface area contributed by atoms with Crippen molar-refractivity contribution in [2.24, 2.45) is 5.41 Å². The van der Waals surface area contributed by atoms with E-state index in [2.05, 4.69) is 0 Å². The van der Waals surface area contributed by atoms with Crippen molar-refractivity contribution >= 4 is 22.7 Å². The van der Waals surface area contributed by atoms with Crippen LogP contribution < -0.4 is 0 Å². The molecule has 0 radical (unpaired) electrons. The summed E-state index contributed by atoms with van der Waals surface area (Å²) in [6.07, 6.45) is 0. The third-order valence-corrected chi connectivity index (χ3v) is 3.49. The van der Waals surface area contributed by atoms with E-state index in [1.54, 1.807) is 10.6 Å². The SMILES string of the molecule is CC1(C(=O)O)Cn2c(cc3ccccc32)C1=O. The summed E-state index contributed by atoms with van der Waals surface area (Å²) in [5, 5.41) is 10.1. The maximum atomic E-state index is 12.1. The summed E-state index contributed by atoms with van der Waals surface area (Å²) >= 11 is 0. The van der Waals surface area contributed by atoms with Gasteiger partial charge in [0, 0.05) is 17.4 Å². The molecule has 17 heavy (non-hydrogen) atoms. The lowest BCUT2D eigenvalue weighted by Gasteiger charge is -2.15. The molecule has 1 aromatic carbocycles. The highest BCUT2D eigenvalue weighted by molar-refractivity contribution is 6.14. The van der Waals surface area contributed by atoms with Gasteiger partial charge in [0.1, 0.15) is 5.41 Å². The molecule has 0 aliphatic carbocycles. The zero-order valence-electron chi connectivity index (χ0n) is 9.30. The van der Waals surface area contributed by atoms with Crippen molar-refractivity contribution < 1.29 is 14.7 Å². The van der Waals surface area contributed by atoms with Crippen LogP contribution in [-0.4, -0.2) is 21.4 Å². The summed E-state index contributed by atoms with van der Waals surface area (Å²) in [7, 11) is 0. The highest BCUT2D eigenvalue weighted by Crippen LogP contribution is 2.36. The van der Waals surface area contributed by atoms with Crippen molar-refractivity contribution in [3.8, 4) is 0 Å². The molecule has 1 atom stereocenters. The van der Waals surface area contributed by atoms with Gasteiger partial charge in [-0.1, -0.05) is 18.2 Å². The van der Waals surface area contributed by atoms with Gasteiger partial charge >= 0.3 is 5.97 Å². The second-order valence-electron chi connectivity index (χ2n) is 4.64. The molecular weight excluding hydrogens is 218 g/mol. The van der Waals surface area contributed by atoms with Crippen LogP contribution in [0.4, 0.5) is 0 Å². The fourth-order valence-corrected chi connectivity index (χ4v) is 2.40. The molecule has 2 aromatic rings. The Bertz CT molecular complexity index is 656. The van der Waals surface area contributed by atoms with E-state index in [1.165, 1.54) is 6.92 Å². The van der Waals surface area contributed by atoms with Crippen LogP contribution in [0.2, 0.25) is 0 Å². The highest BCUT2D eigenvalue weighted by Gasteiger charge is 2.48. The van der Waals surface area contributed by atoms with Gasteiger partial charge in [-0.25, -0.2) is 0 Å². The molecule has 4 heteroatoms. The van der Waals surface area contributed by atoms with Gasteiger partial charge in [0.15, 0.2) is 5.78 Å². The predicted octanol–water partition coefficient (Wildman–Crippen LogP) is 1.93. The number of hydrogen-bond donors (Lipinski definition) is 1. The van der Waals surface area contributed by atoms with E-state index in [0.717, 1.165) is 10.9 Å². The van der Waals surface area contributed by atoms with E-state index in [9.17, 15) is 14.7 Å². The number of aliphatic carboxylic acids is 1. The van der Waals surface area contributed by atoms with Gasteiger partial charge in [-0.05, 0) is 19.1 Å². The Balaban J connectivity index is 2.26. The minimum absolute atomic E-state index is 0.212. The quantitative estimate of drug-likeness (QED) is 0.760. The molecule has 1 aliphatic heterocycles. The molecule has 0 spiro atoms. The summed E-state index contributed by atoms with van der Waals surface area (Å²) in [4.78, 5) is 23.3. The molecule has 0 bridgehead atoms. The molecule has 3 rings (SSSR count). The van der Waals surface area contributed by atoms with Crippen LogP contribution in [0.3, 0.4) is 0 Å². The average molecular weight is 229 g/mol. The van der Waals surface area contributed by atoms with E-state index >= 15 is 0 Å². The fraction of sp³-hybridized carbons (Fsp3) is 0.231. The normalized spacial score (nSPS) is 23.0. The standard InChI is InChI=1S/C13H11NO3/c1-13(12(16)17)7-14-9-5-3-2-4-8(9)6-10(14)11(13)15/h2-6H,7H2,1H3,(H,16,17). The molecule has 0 amide bonds. The van der Waals surface area contributed by atoms with Gasteiger partial charge in [-0.2, -0.15) is 0 Å². The number of para-hydroxylation sites is 1. The number of carbonyl (C=O) groups is 2. The summed E-state index contributed by atoms with van der Waals surface area (Å²) < 4.78 is 1.80. The topological polar surface area (TPSA) is 59.3 Å². The summed E-state index contributed by atoms with van der Waals surface area (Å²) in [6.45, 7) is 1.70. The van der Waals surface area contributed by atoms with Crippen molar-refractivity contribution in [1.82, 2.24) is 4.57 Å². The van der Waals surface area contributed by atoms with Gasteiger partial charge in [0.25, 0.3) is 0 Å². The molecule has 86 valence electrons. The predicted molar refractivity (Wildman–Crippen MR) is 62.0 cm³/mol. The smallest absolute Gasteiger partial charge is 0.319 e. The van der Waals surface area contributed by atoms with E-state index in [1.807, 2.05) is 24.3 Å². The lowest BCUT2D eigenvalue weighted by Crippen LogP contribution is -2.34. The molecule has 1 N–H and O–H groups in total. The molecular formula is C13H11NO3. The summed E-state index contributed by atoms with van der Waals surface area (Å²) in [5.74, 6) is -1.36. The van der Waals surface area contributed by atoms with Crippen LogP contribution in [0, 0.1) is 5.41 Å². The number of nitrogens with zero attached hydrogens (tertiary/aromatic N) is 1. The maximum absolute atomic E-state index is 12.1.